The Hall–Kier alpha value is -0.980. The molecule has 0 aliphatic rings. The van der Waals surface area contributed by atoms with Crippen LogP contribution in [0.2, 0.25) is 0 Å². The Morgan fingerprint density at radius 3 is 2.64 bits per heavy atom. The molecule has 0 atom stereocenters. The van der Waals surface area contributed by atoms with E-state index in [0.29, 0.717) is 11.1 Å². The van der Waals surface area contributed by atoms with E-state index >= 15 is 0 Å². The summed E-state index contributed by atoms with van der Waals surface area (Å²) < 4.78 is 36.1. The van der Waals surface area contributed by atoms with Gasteiger partial charge in [-0.2, -0.15) is 13.1 Å². The average Bonchev–Trinajstić information content (AvgIpc) is 2.06. The summed E-state index contributed by atoms with van der Waals surface area (Å²) in [5, 5.41) is 4.72. The molecule has 3 N–H and O–H groups in total. The maximum Gasteiger partial charge on any atom is 0.274 e. The average molecular weight is 218 g/mol. The SMILES string of the molecule is Cc1ccc(CNS(N)(=O)=O)cc1F. The van der Waals surface area contributed by atoms with Crippen molar-refractivity contribution in [1.29, 1.82) is 0 Å². The van der Waals surface area contributed by atoms with Crippen molar-refractivity contribution in [3.8, 4) is 0 Å². The van der Waals surface area contributed by atoms with Crippen LogP contribution in [0.25, 0.3) is 0 Å². The van der Waals surface area contributed by atoms with Crippen LogP contribution in [0.1, 0.15) is 11.1 Å². The summed E-state index contributed by atoms with van der Waals surface area (Å²) >= 11 is 0. The first kappa shape index (κ1) is 11.1. The van der Waals surface area contributed by atoms with Gasteiger partial charge >= 0.3 is 0 Å². The van der Waals surface area contributed by atoms with Gasteiger partial charge in [0.15, 0.2) is 0 Å². The maximum atomic E-state index is 13.0. The topological polar surface area (TPSA) is 72.2 Å². The van der Waals surface area contributed by atoms with E-state index in [9.17, 15) is 12.8 Å². The summed E-state index contributed by atoms with van der Waals surface area (Å²) in [4.78, 5) is 0. The lowest BCUT2D eigenvalue weighted by molar-refractivity contribution is 0.581. The van der Waals surface area contributed by atoms with Crippen LogP contribution in [0.3, 0.4) is 0 Å². The van der Waals surface area contributed by atoms with Crippen molar-refractivity contribution in [1.82, 2.24) is 4.72 Å². The molecule has 0 radical (unpaired) electrons. The lowest BCUT2D eigenvalue weighted by atomic mass is 10.1. The van der Waals surface area contributed by atoms with Crippen LogP contribution in [-0.4, -0.2) is 8.42 Å². The second-order valence-electron chi connectivity index (χ2n) is 2.95. The van der Waals surface area contributed by atoms with Crippen molar-refractivity contribution < 1.29 is 12.8 Å². The van der Waals surface area contributed by atoms with E-state index in [-0.39, 0.29) is 12.4 Å². The number of aryl methyl sites for hydroxylation is 1. The maximum absolute atomic E-state index is 13.0. The van der Waals surface area contributed by atoms with Gasteiger partial charge in [0.2, 0.25) is 0 Å². The summed E-state index contributed by atoms with van der Waals surface area (Å²) in [6.07, 6.45) is 0. The molecule has 78 valence electrons. The van der Waals surface area contributed by atoms with Gasteiger partial charge in [-0.25, -0.2) is 9.53 Å². The number of halogens is 1. The molecule has 6 heteroatoms. The normalized spacial score (nSPS) is 11.6. The van der Waals surface area contributed by atoms with Gasteiger partial charge in [0.25, 0.3) is 10.2 Å². The van der Waals surface area contributed by atoms with Gasteiger partial charge in [-0.1, -0.05) is 12.1 Å². The molecule has 0 amide bonds. The number of hydrogen-bond donors (Lipinski definition) is 2. The molecule has 0 spiro atoms. The molecule has 1 rings (SSSR count). The number of nitrogens with two attached hydrogens (primary N) is 1. The van der Waals surface area contributed by atoms with Gasteiger partial charge < -0.3 is 0 Å². The van der Waals surface area contributed by atoms with E-state index in [1.165, 1.54) is 6.07 Å². The smallest absolute Gasteiger partial charge is 0.216 e. The van der Waals surface area contributed by atoms with Gasteiger partial charge in [-0.15, -0.1) is 0 Å². The fourth-order valence-electron chi connectivity index (χ4n) is 0.930. The van der Waals surface area contributed by atoms with Crippen LogP contribution >= 0.6 is 0 Å². The van der Waals surface area contributed by atoms with Crippen molar-refractivity contribution in [2.45, 2.75) is 13.5 Å². The highest BCUT2D eigenvalue weighted by molar-refractivity contribution is 7.87. The standard InChI is InChI=1S/C8H11FN2O2S/c1-6-2-3-7(4-8(6)9)5-11-14(10,12)13/h2-4,11H,5H2,1H3,(H2,10,12,13). The molecule has 0 heterocycles. The second-order valence-corrected chi connectivity index (χ2v) is 4.33. The predicted molar refractivity (Wildman–Crippen MR) is 51.1 cm³/mol. The number of nitrogens with one attached hydrogen (secondary N) is 1. The summed E-state index contributed by atoms with van der Waals surface area (Å²) in [5.41, 5.74) is 1.05. The number of hydrogen-bond acceptors (Lipinski definition) is 2. The molecule has 0 aliphatic heterocycles. The molecule has 14 heavy (non-hydrogen) atoms. The first-order chi connectivity index (χ1) is 6.38. The van der Waals surface area contributed by atoms with Crippen LogP contribution in [0.5, 0.6) is 0 Å². The number of benzene rings is 1. The van der Waals surface area contributed by atoms with E-state index in [2.05, 4.69) is 4.72 Å². The van der Waals surface area contributed by atoms with E-state index in [4.69, 9.17) is 5.14 Å². The summed E-state index contributed by atoms with van der Waals surface area (Å²) in [5.74, 6) is -0.362. The lowest BCUT2D eigenvalue weighted by Gasteiger charge is -2.03. The van der Waals surface area contributed by atoms with Crippen molar-refractivity contribution in [3.05, 3.63) is 35.1 Å². The van der Waals surface area contributed by atoms with Gasteiger partial charge in [0.1, 0.15) is 5.82 Å². The Morgan fingerprint density at radius 1 is 1.50 bits per heavy atom. The third-order valence-corrected chi connectivity index (χ3v) is 2.26. The molecular weight excluding hydrogens is 207 g/mol. The summed E-state index contributed by atoms with van der Waals surface area (Å²) in [6.45, 7) is 1.63. The molecule has 1 aromatic carbocycles. The molecule has 0 aliphatic carbocycles. The van der Waals surface area contributed by atoms with Gasteiger partial charge in [0, 0.05) is 6.54 Å². The van der Waals surface area contributed by atoms with Crippen LogP contribution < -0.4 is 9.86 Å². The van der Waals surface area contributed by atoms with Gasteiger partial charge in [-0.05, 0) is 24.1 Å². The molecule has 1 aromatic rings. The fourth-order valence-corrected chi connectivity index (χ4v) is 1.30. The van der Waals surface area contributed by atoms with Crippen LogP contribution in [0.4, 0.5) is 4.39 Å². The van der Waals surface area contributed by atoms with Gasteiger partial charge in [-0.3, -0.25) is 0 Å². The largest absolute Gasteiger partial charge is 0.274 e. The van der Waals surface area contributed by atoms with Crippen molar-refractivity contribution in [2.24, 2.45) is 5.14 Å². The van der Waals surface area contributed by atoms with Crippen LogP contribution in [0, 0.1) is 12.7 Å². The molecule has 0 bridgehead atoms. The van der Waals surface area contributed by atoms with E-state index in [1.54, 1.807) is 19.1 Å². The Balaban J connectivity index is 2.74. The number of rotatable bonds is 3. The quantitative estimate of drug-likeness (QED) is 0.772. The highest BCUT2D eigenvalue weighted by Crippen LogP contribution is 2.08. The second kappa shape index (κ2) is 4.04. The molecule has 0 unspecified atom stereocenters. The fraction of sp³-hybridized carbons (Fsp3) is 0.250. The lowest BCUT2D eigenvalue weighted by Crippen LogP contribution is -2.30. The minimum atomic E-state index is -3.72. The predicted octanol–water partition coefficient (Wildman–Crippen LogP) is 0.427. The van der Waals surface area contributed by atoms with Crippen molar-refractivity contribution >= 4 is 10.2 Å². The van der Waals surface area contributed by atoms with Crippen molar-refractivity contribution in [2.75, 3.05) is 0 Å². The molecule has 0 aromatic heterocycles. The highest BCUT2D eigenvalue weighted by Gasteiger charge is 2.03. The minimum absolute atomic E-state index is 0.00394. The van der Waals surface area contributed by atoms with Crippen molar-refractivity contribution in [3.63, 3.8) is 0 Å². The van der Waals surface area contributed by atoms with Crippen LogP contribution in [-0.2, 0) is 16.8 Å². The first-order valence-electron chi connectivity index (χ1n) is 3.91. The summed E-state index contributed by atoms with van der Waals surface area (Å²) in [7, 11) is -3.72. The third-order valence-electron chi connectivity index (χ3n) is 1.71. The molecule has 0 saturated carbocycles. The van der Waals surface area contributed by atoms with E-state index < -0.39 is 10.2 Å². The monoisotopic (exact) mass is 218 g/mol. The Morgan fingerprint density at radius 2 is 2.14 bits per heavy atom. The molecular formula is C8H11FN2O2S. The zero-order valence-corrected chi connectivity index (χ0v) is 8.44. The Kier molecular flexibility index (Phi) is 3.20. The first-order valence-corrected chi connectivity index (χ1v) is 5.45. The molecule has 0 saturated heterocycles. The Labute approximate surface area is 82.1 Å². The Bertz CT molecular complexity index is 431. The van der Waals surface area contributed by atoms with E-state index in [1.807, 2.05) is 0 Å². The van der Waals surface area contributed by atoms with Crippen LogP contribution in [0.15, 0.2) is 18.2 Å². The third kappa shape index (κ3) is 3.41. The van der Waals surface area contributed by atoms with Gasteiger partial charge in [0.05, 0.1) is 0 Å². The molecule has 0 fully saturated rings. The zero-order chi connectivity index (χ0) is 10.8. The highest BCUT2D eigenvalue weighted by atomic mass is 32.2. The van der Waals surface area contributed by atoms with E-state index in [0.717, 1.165) is 0 Å². The molecule has 4 nitrogen and oxygen atoms in total. The minimum Gasteiger partial charge on any atom is -0.216 e. The summed E-state index contributed by atoms with van der Waals surface area (Å²) in [6, 6.07) is 4.49. The zero-order valence-electron chi connectivity index (χ0n) is 7.62.